The number of aromatic nitrogens is 4. The molecule has 1 aliphatic heterocycles. The summed E-state index contributed by atoms with van der Waals surface area (Å²) in [5, 5.41) is 4.12. The van der Waals surface area contributed by atoms with Gasteiger partial charge in [-0.25, -0.2) is 0 Å². The molecule has 1 amide bonds. The van der Waals surface area contributed by atoms with Gasteiger partial charge < -0.3 is 9.42 Å². The molecule has 7 nitrogen and oxygen atoms in total. The third kappa shape index (κ3) is 3.26. The van der Waals surface area contributed by atoms with Crippen molar-refractivity contribution in [2.24, 2.45) is 0 Å². The van der Waals surface area contributed by atoms with Gasteiger partial charge in [0.05, 0.1) is 0 Å². The minimum absolute atomic E-state index is 0.0235. The van der Waals surface area contributed by atoms with E-state index in [0.717, 1.165) is 18.4 Å². The van der Waals surface area contributed by atoms with Gasteiger partial charge in [0.1, 0.15) is 5.69 Å². The van der Waals surface area contributed by atoms with Crippen molar-refractivity contribution in [3.63, 3.8) is 0 Å². The van der Waals surface area contributed by atoms with E-state index in [9.17, 15) is 4.79 Å². The number of carbonyl (C=O) groups excluding carboxylic acids is 1. The largest absolute Gasteiger partial charge is 0.337 e. The van der Waals surface area contributed by atoms with E-state index in [-0.39, 0.29) is 11.8 Å². The molecule has 4 rings (SSSR count). The quantitative estimate of drug-likeness (QED) is 0.731. The van der Waals surface area contributed by atoms with Crippen LogP contribution in [-0.4, -0.2) is 44.0 Å². The highest BCUT2D eigenvalue weighted by Gasteiger charge is 2.28. The molecular weight excluding hydrogens is 318 g/mol. The lowest BCUT2D eigenvalue weighted by Crippen LogP contribution is -2.38. The van der Waals surface area contributed by atoms with Crippen molar-refractivity contribution in [3.05, 3.63) is 60.4 Å². The lowest BCUT2D eigenvalue weighted by Gasteiger charge is -2.30. The smallest absolute Gasteiger partial charge is 0.272 e. The number of pyridine rings is 2. The maximum Gasteiger partial charge on any atom is 0.272 e. The zero-order valence-electron chi connectivity index (χ0n) is 13.6. The molecule has 0 N–H and O–H groups in total. The maximum atomic E-state index is 12.4. The van der Waals surface area contributed by atoms with Gasteiger partial charge in [-0.1, -0.05) is 11.2 Å². The van der Waals surface area contributed by atoms with Gasteiger partial charge in [-0.3, -0.25) is 14.8 Å². The highest BCUT2D eigenvalue weighted by Crippen LogP contribution is 2.28. The Morgan fingerprint density at radius 2 is 1.88 bits per heavy atom. The topological polar surface area (TPSA) is 85.0 Å². The summed E-state index contributed by atoms with van der Waals surface area (Å²) in [5.41, 5.74) is 1.34. The van der Waals surface area contributed by atoms with E-state index in [1.807, 2.05) is 23.1 Å². The van der Waals surface area contributed by atoms with E-state index >= 15 is 0 Å². The van der Waals surface area contributed by atoms with Gasteiger partial charge in [0, 0.05) is 43.2 Å². The van der Waals surface area contributed by atoms with Crippen molar-refractivity contribution in [2.75, 3.05) is 13.1 Å². The minimum Gasteiger partial charge on any atom is -0.337 e. The molecule has 0 aliphatic carbocycles. The summed E-state index contributed by atoms with van der Waals surface area (Å²) < 4.78 is 5.37. The number of rotatable bonds is 3. The molecule has 0 saturated carbocycles. The fourth-order valence-corrected chi connectivity index (χ4v) is 3.00. The van der Waals surface area contributed by atoms with Crippen LogP contribution in [0.15, 0.2) is 53.4 Å². The van der Waals surface area contributed by atoms with Gasteiger partial charge in [-0.15, -0.1) is 0 Å². The van der Waals surface area contributed by atoms with Crippen LogP contribution in [0.4, 0.5) is 0 Å². The molecule has 0 radical (unpaired) electrons. The number of piperidine rings is 1. The Labute approximate surface area is 144 Å². The Balaban J connectivity index is 1.41. The summed E-state index contributed by atoms with van der Waals surface area (Å²) in [4.78, 5) is 26.9. The molecule has 1 fully saturated rings. The fraction of sp³-hybridized carbons (Fsp3) is 0.278. The molecule has 0 spiro atoms. The normalized spacial score (nSPS) is 15.3. The summed E-state index contributed by atoms with van der Waals surface area (Å²) in [7, 11) is 0. The highest BCUT2D eigenvalue weighted by atomic mass is 16.5. The molecule has 0 atom stereocenters. The van der Waals surface area contributed by atoms with Crippen LogP contribution in [-0.2, 0) is 0 Å². The fourth-order valence-electron chi connectivity index (χ4n) is 3.00. The lowest BCUT2D eigenvalue weighted by atomic mass is 9.96. The van der Waals surface area contributed by atoms with E-state index in [4.69, 9.17) is 4.52 Å². The first-order chi connectivity index (χ1) is 12.3. The number of carbonyl (C=O) groups is 1. The van der Waals surface area contributed by atoms with Gasteiger partial charge in [-0.2, -0.15) is 4.98 Å². The first-order valence-electron chi connectivity index (χ1n) is 8.25. The van der Waals surface area contributed by atoms with Gasteiger partial charge in [-0.05, 0) is 37.1 Å². The Morgan fingerprint density at radius 1 is 1.08 bits per heavy atom. The molecule has 126 valence electrons. The highest BCUT2D eigenvalue weighted by molar-refractivity contribution is 5.92. The van der Waals surface area contributed by atoms with Crippen LogP contribution >= 0.6 is 0 Å². The first kappa shape index (κ1) is 15.4. The molecule has 3 aromatic rings. The predicted octanol–water partition coefficient (Wildman–Crippen LogP) is 2.55. The van der Waals surface area contributed by atoms with Crippen LogP contribution in [0.5, 0.6) is 0 Å². The summed E-state index contributed by atoms with van der Waals surface area (Å²) in [6.07, 6.45) is 6.66. The van der Waals surface area contributed by atoms with E-state index in [2.05, 4.69) is 20.1 Å². The van der Waals surface area contributed by atoms with Crippen molar-refractivity contribution in [1.82, 2.24) is 25.0 Å². The predicted molar refractivity (Wildman–Crippen MR) is 89.6 cm³/mol. The Morgan fingerprint density at radius 3 is 2.60 bits per heavy atom. The average Bonchev–Trinajstić information content (AvgIpc) is 3.19. The Hall–Kier alpha value is -3.09. The second-order valence-electron chi connectivity index (χ2n) is 5.98. The van der Waals surface area contributed by atoms with Gasteiger partial charge >= 0.3 is 0 Å². The van der Waals surface area contributed by atoms with E-state index in [1.54, 1.807) is 30.7 Å². The van der Waals surface area contributed by atoms with Crippen molar-refractivity contribution < 1.29 is 9.32 Å². The van der Waals surface area contributed by atoms with Crippen LogP contribution in [0.25, 0.3) is 11.5 Å². The molecule has 1 aliphatic rings. The first-order valence-corrected chi connectivity index (χ1v) is 8.25. The van der Waals surface area contributed by atoms with Gasteiger partial charge in [0.2, 0.25) is 0 Å². The third-order valence-corrected chi connectivity index (χ3v) is 4.40. The number of hydrogen-bond acceptors (Lipinski definition) is 6. The second-order valence-corrected chi connectivity index (χ2v) is 5.98. The maximum absolute atomic E-state index is 12.4. The molecular formula is C18H17N5O2. The standard InChI is InChI=1S/C18H17N5O2/c24-18(15-3-1-2-8-20-15)23-11-6-13(7-12-23)16-21-17(25-22-16)14-4-9-19-10-5-14/h1-5,8-10,13H,6-7,11-12H2. The summed E-state index contributed by atoms with van der Waals surface area (Å²) >= 11 is 0. The summed E-state index contributed by atoms with van der Waals surface area (Å²) in [6, 6.07) is 9.05. The molecule has 7 heteroatoms. The molecule has 3 aromatic heterocycles. The van der Waals surface area contributed by atoms with E-state index < -0.39 is 0 Å². The molecule has 0 unspecified atom stereocenters. The van der Waals surface area contributed by atoms with Crippen molar-refractivity contribution in [3.8, 4) is 11.5 Å². The SMILES string of the molecule is O=C(c1ccccn1)N1CCC(c2noc(-c3ccncc3)n2)CC1. The number of likely N-dealkylation sites (tertiary alicyclic amines) is 1. The minimum atomic E-state index is -0.0235. The van der Waals surface area contributed by atoms with Gasteiger partial charge in [0.15, 0.2) is 5.82 Å². The zero-order valence-corrected chi connectivity index (χ0v) is 13.6. The van der Waals surface area contributed by atoms with Crippen LogP contribution in [0.1, 0.15) is 35.1 Å². The van der Waals surface area contributed by atoms with E-state index in [1.165, 1.54) is 0 Å². The van der Waals surface area contributed by atoms with Crippen LogP contribution in [0.3, 0.4) is 0 Å². The number of amides is 1. The second kappa shape index (κ2) is 6.80. The molecule has 0 aromatic carbocycles. The van der Waals surface area contributed by atoms with Crippen LogP contribution < -0.4 is 0 Å². The van der Waals surface area contributed by atoms with Crippen molar-refractivity contribution >= 4 is 5.91 Å². The summed E-state index contributed by atoms with van der Waals surface area (Å²) in [6.45, 7) is 1.33. The third-order valence-electron chi connectivity index (χ3n) is 4.40. The van der Waals surface area contributed by atoms with Crippen LogP contribution in [0.2, 0.25) is 0 Å². The van der Waals surface area contributed by atoms with Gasteiger partial charge in [0.25, 0.3) is 11.8 Å². The number of nitrogens with zero attached hydrogens (tertiary/aromatic N) is 5. The monoisotopic (exact) mass is 335 g/mol. The summed E-state index contributed by atoms with van der Waals surface area (Å²) in [5.74, 6) is 1.39. The van der Waals surface area contributed by atoms with Crippen LogP contribution in [0, 0.1) is 0 Å². The lowest BCUT2D eigenvalue weighted by molar-refractivity contribution is 0.0704. The molecule has 1 saturated heterocycles. The Kier molecular flexibility index (Phi) is 4.20. The zero-order chi connectivity index (χ0) is 17.1. The van der Waals surface area contributed by atoms with E-state index in [0.29, 0.717) is 30.5 Å². The molecule has 25 heavy (non-hydrogen) atoms. The van der Waals surface area contributed by atoms with Crippen molar-refractivity contribution in [1.29, 1.82) is 0 Å². The molecule has 0 bridgehead atoms. The average molecular weight is 335 g/mol. The van der Waals surface area contributed by atoms with Crippen molar-refractivity contribution in [2.45, 2.75) is 18.8 Å². The molecule has 4 heterocycles. The number of hydrogen-bond donors (Lipinski definition) is 0. The Bertz CT molecular complexity index is 842.